The third kappa shape index (κ3) is 4.31. The Hall–Kier alpha value is -1.94. The lowest BCUT2D eigenvalue weighted by atomic mass is 10.1. The molecule has 0 bridgehead atoms. The number of pyridine rings is 1. The summed E-state index contributed by atoms with van der Waals surface area (Å²) in [5.74, 6) is 0.384. The predicted molar refractivity (Wildman–Crippen MR) is 79.7 cm³/mol. The molecule has 0 spiro atoms. The molecule has 0 fully saturated rings. The first-order valence-corrected chi connectivity index (χ1v) is 6.82. The number of nitrogen functional groups attached to an aromatic ring is 1. The summed E-state index contributed by atoms with van der Waals surface area (Å²) in [5.41, 5.74) is 7.42. The molecule has 4 heteroatoms. The number of benzene rings is 1. The van der Waals surface area contributed by atoms with Crippen LogP contribution in [0.2, 0.25) is 0 Å². The van der Waals surface area contributed by atoms with E-state index >= 15 is 0 Å². The molecule has 0 amide bonds. The van der Waals surface area contributed by atoms with Crippen LogP contribution in [0, 0.1) is 5.82 Å². The first-order valence-electron chi connectivity index (χ1n) is 6.82. The van der Waals surface area contributed by atoms with Crippen LogP contribution in [0.25, 0.3) is 0 Å². The van der Waals surface area contributed by atoms with Crippen molar-refractivity contribution in [2.75, 3.05) is 5.73 Å². The van der Waals surface area contributed by atoms with Crippen LogP contribution >= 0.6 is 0 Å². The molecule has 2 aromatic rings. The summed E-state index contributed by atoms with van der Waals surface area (Å²) >= 11 is 0. The van der Waals surface area contributed by atoms with Crippen LogP contribution in [0.15, 0.2) is 42.6 Å². The molecule has 1 aromatic heterocycles. The molecule has 0 aliphatic carbocycles. The van der Waals surface area contributed by atoms with Crippen LogP contribution in [0.4, 0.5) is 10.2 Å². The van der Waals surface area contributed by atoms with Crippen LogP contribution in [0.3, 0.4) is 0 Å². The number of hydrogen-bond donors (Lipinski definition) is 2. The lowest BCUT2D eigenvalue weighted by molar-refractivity contribution is 0.501. The largest absolute Gasteiger partial charge is 0.384 e. The number of hydrogen-bond acceptors (Lipinski definition) is 3. The minimum Gasteiger partial charge on any atom is -0.384 e. The summed E-state index contributed by atoms with van der Waals surface area (Å²) in [4.78, 5) is 4.07. The second-order valence-corrected chi connectivity index (χ2v) is 5.00. The zero-order chi connectivity index (χ0) is 14.4. The van der Waals surface area contributed by atoms with Crippen molar-refractivity contribution in [1.29, 1.82) is 0 Å². The molecule has 106 valence electrons. The van der Waals surface area contributed by atoms with Gasteiger partial charge in [0.15, 0.2) is 0 Å². The number of nitrogens with zero attached hydrogens (tertiary/aromatic N) is 1. The molecule has 0 aliphatic heterocycles. The second kappa shape index (κ2) is 7.01. The Kier molecular flexibility index (Phi) is 5.07. The van der Waals surface area contributed by atoms with Crippen molar-refractivity contribution < 1.29 is 4.39 Å². The van der Waals surface area contributed by atoms with Crippen molar-refractivity contribution in [2.45, 2.75) is 32.4 Å². The van der Waals surface area contributed by atoms with E-state index in [2.05, 4.69) is 17.2 Å². The summed E-state index contributed by atoms with van der Waals surface area (Å²) < 4.78 is 13.5. The van der Waals surface area contributed by atoms with Gasteiger partial charge in [0, 0.05) is 24.3 Å². The van der Waals surface area contributed by atoms with Gasteiger partial charge < -0.3 is 11.1 Å². The van der Waals surface area contributed by atoms with E-state index in [1.165, 1.54) is 11.6 Å². The Labute approximate surface area is 119 Å². The van der Waals surface area contributed by atoms with E-state index in [0.717, 1.165) is 12.8 Å². The fourth-order valence-electron chi connectivity index (χ4n) is 1.99. The highest BCUT2D eigenvalue weighted by Crippen LogP contribution is 2.09. The minimum absolute atomic E-state index is 0.157. The lowest BCUT2D eigenvalue weighted by Gasteiger charge is -2.14. The number of anilines is 1. The van der Waals surface area contributed by atoms with Gasteiger partial charge >= 0.3 is 0 Å². The molecule has 1 heterocycles. The Bertz CT molecular complexity index is 540. The lowest BCUT2D eigenvalue weighted by Crippen LogP contribution is -2.26. The summed E-state index contributed by atoms with van der Waals surface area (Å²) in [6.07, 6.45) is 3.71. The van der Waals surface area contributed by atoms with Crippen LogP contribution in [-0.4, -0.2) is 11.0 Å². The predicted octanol–water partition coefficient (Wildman–Crippen LogP) is 2.91. The fraction of sp³-hybridized carbons (Fsp3) is 0.312. The molecule has 3 nitrogen and oxygen atoms in total. The van der Waals surface area contributed by atoms with Gasteiger partial charge in [-0.25, -0.2) is 9.37 Å². The summed E-state index contributed by atoms with van der Waals surface area (Å²) in [6.45, 7) is 2.65. The molecular formula is C16H20FN3. The number of aryl methyl sites for hydroxylation is 1. The van der Waals surface area contributed by atoms with Gasteiger partial charge in [-0.2, -0.15) is 0 Å². The molecular weight excluding hydrogens is 253 g/mol. The highest BCUT2D eigenvalue weighted by atomic mass is 19.1. The summed E-state index contributed by atoms with van der Waals surface area (Å²) in [5, 5.41) is 3.34. The third-order valence-corrected chi connectivity index (χ3v) is 3.31. The van der Waals surface area contributed by atoms with Crippen LogP contribution in [0.5, 0.6) is 0 Å². The highest BCUT2D eigenvalue weighted by Gasteiger charge is 2.05. The molecule has 0 radical (unpaired) electrons. The van der Waals surface area contributed by atoms with Crippen molar-refractivity contribution in [3.8, 4) is 0 Å². The molecule has 0 saturated carbocycles. The second-order valence-electron chi connectivity index (χ2n) is 5.00. The van der Waals surface area contributed by atoms with Gasteiger partial charge in [-0.15, -0.1) is 0 Å². The number of nitrogens with two attached hydrogens (primary N) is 1. The summed E-state index contributed by atoms with van der Waals surface area (Å²) in [6, 6.07) is 11.0. The van der Waals surface area contributed by atoms with Crippen LogP contribution < -0.4 is 11.1 Å². The molecule has 1 aromatic carbocycles. The van der Waals surface area contributed by atoms with E-state index in [1.807, 2.05) is 18.2 Å². The standard InChI is InChI=1S/C16H20FN3/c1-12(6-7-13-8-9-16(18)20-10-13)19-11-14-4-2-3-5-15(14)17/h2-5,8-10,12,19H,6-7,11H2,1H3,(H2,18,20). The van der Waals surface area contributed by atoms with E-state index < -0.39 is 0 Å². The fourth-order valence-corrected chi connectivity index (χ4v) is 1.99. The molecule has 0 saturated heterocycles. The third-order valence-electron chi connectivity index (χ3n) is 3.31. The molecule has 1 atom stereocenters. The number of aromatic nitrogens is 1. The van der Waals surface area contributed by atoms with Crippen molar-refractivity contribution in [3.05, 3.63) is 59.5 Å². The Balaban J connectivity index is 1.77. The monoisotopic (exact) mass is 273 g/mol. The Morgan fingerprint density at radius 1 is 1.25 bits per heavy atom. The van der Waals surface area contributed by atoms with Crippen LogP contribution in [0.1, 0.15) is 24.5 Å². The average molecular weight is 273 g/mol. The van der Waals surface area contributed by atoms with Gasteiger partial charge in [0.2, 0.25) is 0 Å². The molecule has 2 rings (SSSR count). The smallest absolute Gasteiger partial charge is 0.127 e. The normalized spacial score (nSPS) is 12.3. The van der Waals surface area contributed by atoms with E-state index in [-0.39, 0.29) is 5.82 Å². The molecule has 1 unspecified atom stereocenters. The van der Waals surface area contributed by atoms with Gasteiger partial charge in [0.05, 0.1) is 0 Å². The van der Waals surface area contributed by atoms with E-state index in [0.29, 0.717) is 24.0 Å². The Morgan fingerprint density at radius 2 is 2.05 bits per heavy atom. The zero-order valence-corrected chi connectivity index (χ0v) is 11.6. The van der Waals surface area contributed by atoms with Crippen molar-refractivity contribution >= 4 is 5.82 Å². The van der Waals surface area contributed by atoms with Gasteiger partial charge in [-0.1, -0.05) is 24.3 Å². The topological polar surface area (TPSA) is 50.9 Å². The van der Waals surface area contributed by atoms with E-state index in [1.54, 1.807) is 18.3 Å². The van der Waals surface area contributed by atoms with Crippen molar-refractivity contribution in [1.82, 2.24) is 10.3 Å². The molecule has 0 aliphatic rings. The minimum atomic E-state index is -0.157. The Morgan fingerprint density at radius 3 is 2.75 bits per heavy atom. The van der Waals surface area contributed by atoms with Gasteiger partial charge in [-0.05, 0) is 37.5 Å². The maximum absolute atomic E-state index is 13.5. The van der Waals surface area contributed by atoms with Gasteiger partial charge in [0.25, 0.3) is 0 Å². The molecule has 3 N–H and O–H groups in total. The molecule has 20 heavy (non-hydrogen) atoms. The van der Waals surface area contributed by atoms with Gasteiger partial charge in [-0.3, -0.25) is 0 Å². The first kappa shape index (κ1) is 14.5. The quantitative estimate of drug-likeness (QED) is 0.851. The maximum Gasteiger partial charge on any atom is 0.127 e. The SMILES string of the molecule is CC(CCc1ccc(N)nc1)NCc1ccccc1F. The van der Waals surface area contributed by atoms with Crippen LogP contribution in [-0.2, 0) is 13.0 Å². The average Bonchev–Trinajstić information content (AvgIpc) is 2.46. The highest BCUT2D eigenvalue weighted by molar-refractivity contribution is 5.29. The number of rotatable bonds is 6. The first-order chi connectivity index (χ1) is 9.65. The van der Waals surface area contributed by atoms with E-state index in [4.69, 9.17) is 5.73 Å². The maximum atomic E-state index is 13.5. The van der Waals surface area contributed by atoms with Gasteiger partial charge in [0.1, 0.15) is 11.6 Å². The van der Waals surface area contributed by atoms with Crippen molar-refractivity contribution in [3.63, 3.8) is 0 Å². The zero-order valence-electron chi connectivity index (χ0n) is 11.6. The van der Waals surface area contributed by atoms with Crippen molar-refractivity contribution in [2.24, 2.45) is 0 Å². The number of halogens is 1. The van der Waals surface area contributed by atoms with E-state index in [9.17, 15) is 4.39 Å². The number of nitrogens with one attached hydrogen (secondary N) is 1. The summed E-state index contributed by atoms with van der Waals surface area (Å²) in [7, 11) is 0.